The first-order valence-corrected chi connectivity index (χ1v) is 7.44. The summed E-state index contributed by atoms with van der Waals surface area (Å²) in [6.07, 6.45) is 0. The van der Waals surface area contributed by atoms with E-state index < -0.39 is 22.5 Å². The van der Waals surface area contributed by atoms with Crippen LogP contribution in [0.4, 0.5) is 10.1 Å². The maximum absolute atomic E-state index is 13.4. The van der Waals surface area contributed by atoms with Gasteiger partial charge in [0, 0.05) is 9.92 Å². The zero-order valence-electron chi connectivity index (χ0n) is 10.3. The largest absolute Gasteiger partial charge is 0.323 e. The van der Waals surface area contributed by atoms with Crippen LogP contribution in [0, 0.1) is 5.82 Å². The van der Waals surface area contributed by atoms with Gasteiger partial charge in [0.2, 0.25) is 5.91 Å². The molecule has 2 aromatic rings. The minimum Gasteiger partial charge on any atom is -0.323 e. The normalized spacial score (nSPS) is 11.9. The lowest BCUT2D eigenvalue weighted by Gasteiger charge is -2.06. The summed E-state index contributed by atoms with van der Waals surface area (Å²) in [7, 11) is -1.52. The molecule has 1 atom stereocenters. The van der Waals surface area contributed by atoms with Crippen LogP contribution < -0.4 is 5.32 Å². The van der Waals surface area contributed by atoms with Crippen molar-refractivity contribution in [2.24, 2.45) is 0 Å². The Hall–Kier alpha value is -1.72. The quantitative estimate of drug-likeness (QED) is 0.942. The Morgan fingerprint density at radius 2 is 1.95 bits per heavy atom. The fourth-order valence-corrected chi connectivity index (χ4v) is 2.78. The third kappa shape index (κ3) is 3.88. The van der Waals surface area contributed by atoms with Gasteiger partial charge in [0.15, 0.2) is 0 Å². The van der Waals surface area contributed by atoms with Crippen molar-refractivity contribution < 1.29 is 13.4 Å². The number of amides is 1. The Balaban J connectivity index is 2.02. The first kappa shape index (κ1) is 14.7. The summed E-state index contributed by atoms with van der Waals surface area (Å²) in [5.41, 5.74) is 0.0700. The fraction of sp³-hybridized carbons (Fsp3) is 0.0714. The van der Waals surface area contributed by atoms with Crippen LogP contribution in [0.5, 0.6) is 0 Å². The van der Waals surface area contributed by atoms with E-state index in [1.807, 2.05) is 0 Å². The van der Waals surface area contributed by atoms with Crippen LogP contribution in [0.3, 0.4) is 0 Å². The molecule has 0 radical (unpaired) electrons. The Labute approximate surface area is 123 Å². The van der Waals surface area contributed by atoms with Crippen LogP contribution in [0.15, 0.2) is 53.4 Å². The molecule has 3 nitrogen and oxygen atoms in total. The Bertz CT molecular complexity index is 663. The number of hydrogen-bond acceptors (Lipinski definition) is 2. The van der Waals surface area contributed by atoms with Crippen molar-refractivity contribution in [1.29, 1.82) is 0 Å². The topological polar surface area (TPSA) is 46.2 Å². The molecule has 0 fully saturated rings. The van der Waals surface area contributed by atoms with Crippen LogP contribution in [0.2, 0.25) is 5.02 Å². The number of benzene rings is 2. The molecule has 0 saturated carbocycles. The minimum absolute atomic E-state index is 0.0700. The number of hydrogen-bond donors (Lipinski definition) is 1. The van der Waals surface area contributed by atoms with Crippen molar-refractivity contribution in [2.45, 2.75) is 4.90 Å². The van der Waals surface area contributed by atoms with Crippen molar-refractivity contribution in [3.8, 4) is 0 Å². The molecule has 0 aliphatic rings. The second kappa shape index (κ2) is 6.63. The van der Waals surface area contributed by atoms with E-state index in [9.17, 15) is 13.4 Å². The molecule has 1 unspecified atom stereocenters. The molecule has 0 bridgehead atoms. The molecule has 20 heavy (non-hydrogen) atoms. The van der Waals surface area contributed by atoms with Crippen molar-refractivity contribution >= 4 is 34.0 Å². The summed E-state index contributed by atoms with van der Waals surface area (Å²) in [4.78, 5) is 12.2. The van der Waals surface area contributed by atoms with E-state index in [1.54, 1.807) is 24.3 Å². The second-order valence-corrected chi connectivity index (χ2v) is 5.86. The number of para-hydroxylation sites is 1. The molecule has 0 heterocycles. The van der Waals surface area contributed by atoms with E-state index in [2.05, 4.69) is 5.32 Å². The molecular formula is C14H11ClFNO2S. The fourth-order valence-electron chi connectivity index (χ4n) is 1.56. The van der Waals surface area contributed by atoms with E-state index >= 15 is 0 Å². The average Bonchev–Trinajstić information content (AvgIpc) is 2.41. The lowest BCUT2D eigenvalue weighted by atomic mass is 10.3. The third-order valence-electron chi connectivity index (χ3n) is 2.47. The van der Waals surface area contributed by atoms with Gasteiger partial charge in [-0.1, -0.05) is 29.8 Å². The van der Waals surface area contributed by atoms with Gasteiger partial charge >= 0.3 is 0 Å². The summed E-state index contributed by atoms with van der Waals surface area (Å²) in [6, 6.07) is 12.3. The Morgan fingerprint density at radius 3 is 2.65 bits per heavy atom. The number of carbonyl (C=O) groups is 1. The molecule has 1 N–H and O–H groups in total. The zero-order valence-corrected chi connectivity index (χ0v) is 11.9. The molecule has 104 valence electrons. The number of nitrogens with one attached hydrogen (secondary N) is 1. The van der Waals surface area contributed by atoms with E-state index in [0.717, 1.165) is 0 Å². The predicted octanol–water partition coefficient (Wildman–Crippen LogP) is 3.23. The number of carbonyl (C=O) groups excluding carboxylic acids is 1. The summed E-state index contributed by atoms with van der Waals surface area (Å²) in [5, 5.41) is 2.83. The Kier molecular flexibility index (Phi) is 4.87. The van der Waals surface area contributed by atoms with Gasteiger partial charge in [0.1, 0.15) is 11.6 Å². The smallest absolute Gasteiger partial charge is 0.237 e. The highest BCUT2D eigenvalue weighted by Crippen LogP contribution is 2.15. The third-order valence-corrected chi connectivity index (χ3v) is 4.01. The highest BCUT2D eigenvalue weighted by atomic mass is 35.5. The van der Waals surface area contributed by atoms with E-state index in [-0.39, 0.29) is 11.4 Å². The van der Waals surface area contributed by atoms with Gasteiger partial charge in [0.25, 0.3) is 0 Å². The van der Waals surface area contributed by atoms with Gasteiger partial charge in [0.05, 0.1) is 16.5 Å². The molecule has 0 spiro atoms. The SMILES string of the molecule is O=C(CS(=O)c1cccc(Cl)c1)Nc1ccccc1F. The lowest BCUT2D eigenvalue weighted by molar-refractivity contribution is -0.113. The molecule has 6 heteroatoms. The van der Waals surface area contributed by atoms with Crippen LogP contribution in [-0.2, 0) is 15.6 Å². The van der Waals surface area contributed by atoms with Gasteiger partial charge in [-0.2, -0.15) is 0 Å². The van der Waals surface area contributed by atoms with Gasteiger partial charge in [-0.3, -0.25) is 9.00 Å². The van der Waals surface area contributed by atoms with Gasteiger partial charge < -0.3 is 5.32 Å². The standard InChI is InChI=1S/C14H11ClFNO2S/c15-10-4-3-5-11(8-10)20(19)9-14(18)17-13-7-2-1-6-12(13)16/h1-8H,9H2,(H,17,18). The number of anilines is 1. The molecule has 1 amide bonds. The zero-order chi connectivity index (χ0) is 14.5. The maximum atomic E-state index is 13.4. The molecule has 2 aromatic carbocycles. The van der Waals surface area contributed by atoms with Crippen LogP contribution in [0.25, 0.3) is 0 Å². The van der Waals surface area contributed by atoms with Gasteiger partial charge in [-0.05, 0) is 30.3 Å². The van der Waals surface area contributed by atoms with Crippen LogP contribution in [0.1, 0.15) is 0 Å². The van der Waals surface area contributed by atoms with Gasteiger partial charge in [-0.25, -0.2) is 4.39 Å². The van der Waals surface area contributed by atoms with Crippen molar-refractivity contribution in [3.63, 3.8) is 0 Å². The monoisotopic (exact) mass is 311 g/mol. The summed E-state index contributed by atoms with van der Waals surface area (Å²) >= 11 is 5.79. The number of halogens is 2. The average molecular weight is 312 g/mol. The van der Waals surface area contributed by atoms with E-state index in [0.29, 0.717) is 9.92 Å². The van der Waals surface area contributed by atoms with Gasteiger partial charge in [-0.15, -0.1) is 0 Å². The van der Waals surface area contributed by atoms with E-state index in [4.69, 9.17) is 11.6 Å². The van der Waals surface area contributed by atoms with E-state index in [1.165, 1.54) is 24.3 Å². The molecule has 0 aliphatic heterocycles. The van der Waals surface area contributed by atoms with Crippen molar-refractivity contribution in [2.75, 3.05) is 11.1 Å². The molecule has 0 saturated heterocycles. The first-order chi connectivity index (χ1) is 9.56. The summed E-state index contributed by atoms with van der Waals surface area (Å²) in [6.45, 7) is 0. The minimum atomic E-state index is -1.52. The van der Waals surface area contributed by atoms with Crippen LogP contribution in [-0.4, -0.2) is 15.9 Å². The predicted molar refractivity (Wildman–Crippen MR) is 77.8 cm³/mol. The van der Waals surface area contributed by atoms with Crippen LogP contribution >= 0.6 is 11.6 Å². The van der Waals surface area contributed by atoms with Crippen molar-refractivity contribution in [3.05, 3.63) is 59.4 Å². The molecule has 2 rings (SSSR count). The Morgan fingerprint density at radius 1 is 1.20 bits per heavy atom. The summed E-state index contributed by atoms with van der Waals surface area (Å²) < 4.78 is 25.3. The second-order valence-electron chi connectivity index (χ2n) is 3.98. The molecule has 0 aliphatic carbocycles. The molecular weight excluding hydrogens is 301 g/mol. The highest BCUT2D eigenvalue weighted by molar-refractivity contribution is 7.85. The maximum Gasteiger partial charge on any atom is 0.237 e. The summed E-state index contributed by atoms with van der Waals surface area (Å²) in [5.74, 6) is -1.31. The highest BCUT2D eigenvalue weighted by Gasteiger charge is 2.12. The molecule has 0 aromatic heterocycles. The number of rotatable bonds is 4. The lowest BCUT2D eigenvalue weighted by Crippen LogP contribution is -2.20. The first-order valence-electron chi connectivity index (χ1n) is 5.74. The van der Waals surface area contributed by atoms with Crippen molar-refractivity contribution in [1.82, 2.24) is 0 Å².